The Balaban J connectivity index is 2.04. The van der Waals surface area contributed by atoms with Crippen molar-refractivity contribution in [2.45, 2.75) is 37.8 Å². The number of nitrogens with zero attached hydrogens (tertiary/aromatic N) is 1. The molecule has 2 rings (SSSR count). The lowest BCUT2D eigenvalue weighted by Gasteiger charge is -2.26. The Kier molecular flexibility index (Phi) is 4.21. The number of carbonyl (C=O) groups is 1. The molecule has 0 atom stereocenters. The van der Waals surface area contributed by atoms with Crippen molar-refractivity contribution in [2.75, 3.05) is 7.11 Å². The van der Waals surface area contributed by atoms with Gasteiger partial charge in [-0.2, -0.15) is 0 Å². The normalized spacial score (nSPS) is 22.8. The van der Waals surface area contributed by atoms with Gasteiger partial charge in [-0.15, -0.1) is 0 Å². The smallest absolute Gasteiger partial charge is 0.274 e. The first-order chi connectivity index (χ1) is 9.11. The summed E-state index contributed by atoms with van der Waals surface area (Å²) < 4.78 is 4.94. The summed E-state index contributed by atoms with van der Waals surface area (Å²) in [6.07, 6.45) is 3.98. The van der Waals surface area contributed by atoms with Gasteiger partial charge < -0.3 is 20.3 Å². The van der Waals surface area contributed by atoms with Gasteiger partial charge in [0, 0.05) is 18.3 Å². The second-order valence-corrected chi connectivity index (χ2v) is 4.69. The third-order valence-electron chi connectivity index (χ3n) is 3.35. The molecule has 104 valence electrons. The molecule has 3 N–H and O–H groups in total. The highest BCUT2D eigenvalue weighted by Gasteiger charge is 2.23. The van der Waals surface area contributed by atoms with Crippen molar-refractivity contribution < 1.29 is 19.7 Å². The zero-order valence-corrected chi connectivity index (χ0v) is 10.8. The highest BCUT2D eigenvalue weighted by molar-refractivity contribution is 5.95. The van der Waals surface area contributed by atoms with Crippen LogP contribution in [0, 0.1) is 0 Å². The molecule has 0 radical (unpaired) electrons. The van der Waals surface area contributed by atoms with E-state index in [1.54, 1.807) is 0 Å². The predicted molar refractivity (Wildman–Crippen MR) is 68.2 cm³/mol. The van der Waals surface area contributed by atoms with E-state index in [1.165, 1.54) is 19.4 Å². The third-order valence-corrected chi connectivity index (χ3v) is 3.35. The second kappa shape index (κ2) is 5.88. The van der Waals surface area contributed by atoms with Crippen molar-refractivity contribution in [1.82, 2.24) is 10.3 Å². The number of hydrogen-bond donors (Lipinski definition) is 3. The van der Waals surface area contributed by atoms with Crippen LogP contribution in [0.25, 0.3) is 0 Å². The van der Waals surface area contributed by atoms with Crippen molar-refractivity contribution in [1.29, 1.82) is 0 Å². The average Bonchev–Trinajstić information content (AvgIpc) is 2.41. The SMILES string of the molecule is COc1ccnc(C(=O)NC2CCC(O)CC2)c1O. The fourth-order valence-corrected chi connectivity index (χ4v) is 2.24. The van der Waals surface area contributed by atoms with Crippen LogP contribution in [0.15, 0.2) is 12.3 Å². The summed E-state index contributed by atoms with van der Waals surface area (Å²) in [7, 11) is 1.42. The first kappa shape index (κ1) is 13.6. The molecule has 19 heavy (non-hydrogen) atoms. The molecule has 1 aliphatic carbocycles. The first-order valence-electron chi connectivity index (χ1n) is 6.32. The number of aliphatic hydroxyl groups is 1. The van der Waals surface area contributed by atoms with E-state index >= 15 is 0 Å². The van der Waals surface area contributed by atoms with Gasteiger partial charge in [0.25, 0.3) is 5.91 Å². The van der Waals surface area contributed by atoms with Crippen LogP contribution in [0.3, 0.4) is 0 Å². The van der Waals surface area contributed by atoms with E-state index < -0.39 is 5.91 Å². The van der Waals surface area contributed by atoms with E-state index in [0.29, 0.717) is 12.8 Å². The number of aromatic hydroxyl groups is 1. The molecule has 6 heteroatoms. The zero-order chi connectivity index (χ0) is 13.8. The Hall–Kier alpha value is -1.82. The summed E-state index contributed by atoms with van der Waals surface area (Å²) in [5.74, 6) is -0.449. The molecule has 0 aliphatic heterocycles. The van der Waals surface area contributed by atoms with Crippen LogP contribution >= 0.6 is 0 Å². The molecule has 0 aromatic carbocycles. The van der Waals surface area contributed by atoms with Gasteiger partial charge in [0.15, 0.2) is 17.2 Å². The Morgan fingerprint density at radius 1 is 1.42 bits per heavy atom. The summed E-state index contributed by atoms with van der Waals surface area (Å²) in [5, 5.41) is 22.1. The molecular formula is C13H18N2O4. The molecule has 0 bridgehead atoms. The number of nitrogens with one attached hydrogen (secondary N) is 1. The topological polar surface area (TPSA) is 91.7 Å². The molecule has 1 saturated carbocycles. The lowest BCUT2D eigenvalue weighted by molar-refractivity contribution is 0.0860. The van der Waals surface area contributed by atoms with Gasteiger partial charge in [-0.25, -0.2) is 4.98 Å². The Bertz CT molecular complexity index is 456. The highest BCUT2D eigenvalue weighted by Crippen LogP contribution is 2.28. The van der Waals surface area contributed by atoms with Crippen molar-refractivity contribution >= 4 is 5.91 Å². The summed E-state index contributed by atoms with van der Waals surface area (Å²) in [5.41, 5.74) is -0.0366. The van der Waals surface area contributed by atoms with Crippen LogP contribution in [-0.2, 0) is 0 Å². The number of aliphatic hydroxyl groups excluding tert-OH is 1. The summed E-state index contributed by atoms with van der Waals surface area (Å²) in [6.45, 7) is 0. The molecule has 1 aliphatic rings. The predicted octanol–water partition coefficient (Wildman–Crippen LogP) is 0.829. The monoisotopic (exact) mass is 266 g/mol. The number of pyridine rings is 1. The van der Waals surface area contributed by atoms with Gasteiger partial charge in [0.05, 0.1) is 13.2 Å². The number of ether oxygens (including phenoxy) is 1. The fourth-order valence-electron chi connectivity index (χ4n) is 2.24. The number of hydrogen-bond acceptors (Lipinski definition) is 5. The van der Waals surface area contributed by atoms with Crippen LogP contribution in [-0.4, -0.2) is 40.4 Å². The number of amides is 1. The van der Waals surface area contributed by atoms with E-state index in [1.807, 2.05) is 0 Å². The molecule has 0 spiro atoms. The van der Waals surface area contributed by atoms with Crippen LogP contribution in [0.4, 0.5) is 0 Å². The minimum atomic E-state index is -0.419. The molecule has 1 aromatic heterocycles. The van der Waals surface area contributed by atoms with Gasteiger partial charge in [-0.3, -0.25) is 4.79 Å². The zero-order valence-electron chi connectivity index (χ0n) is 10.8. The largest absolute Gasteiger partial charge is 0.503 e. The van der Waals surface area contributed by atoms with E-state index in [2.05, 4.69) is 10.3 Å². The molecule has 0 unspecified atom stereocenters. The third kappa shape index (κ3) is 3.14. The number of carbonyl (C=O) groups excluding carboxylic acids is 1. The van der Waals surface area contributed by atoms with Crippen LogP contribution in [0.2, 0.25) is 0 Å². The summed E-state index contributed by atoms with van der Waals surface area (Å²) in [6, 6.07) is 1.51. The minimum Gasteiger partial charge on any atom is -0.503 e. The molecule has 1 heterocycles. The maximum Gasteiger partial charge on any atom is 0.274 e. The first-order valence-corrected chi connectivity index (χ1v) is 6.32. The van der Waals surface area contributed by atoms with Crippen molar-refractivity contribution in [3.8, 4) is 11.5 Å². The Morgan fingerprint density at radius 2 is 2.11 bits per heavy atom. The van der Waals surface area contributed by atoms with Gasteiger partial charge in [0.1, 0.15) is 0 Å². The van der Waals surface area contributed by atoms with E-state index in [0.717, 1.165) is 12.8 Å². The highest BCUT2D eigenvalue weighted by atomic mass is 16.5. The van der Waals surface area contributed by atoms with E-state index in [-0.39, 0.29) is 29.3 Å². The van der Waals surface area contributed by atoms with Gasteiger partial charge in [-0.1, -0.05) is 0 Å². The molecule has 0 saturated heterocycles. The number of methoxy groups -OCH3 is 1. The standard InChI is InChI=1S/C13H18N2O4/c1-19-10-6-7-14-11(12(10)17)13(18)15-8-2-4-9(16)5-3-8/h6-9,16-17H,2-5H2,1H3,(H,15,18). The lowest BCUT2D eigenvalue weighted by atomic mass is 9.93. The van der Waals surface area contributed by atoms with Crippen LogP contribution < -0.4 is 10.1 Å². The van der Waals surface area contributed by atoms with Gasteiger partial charge >= 0.3 is 0 Å². The summed E-state index contributed by atoms with van der Waals surface area (Å²) >= 11 is 0. The quantitative estimate of drug-likeness (QED) is 0.753. The second-order valence-electron chi connectivity index (χ2n) is 4.69. The molecule has 1 aromatic rings. The maximum absolute atomic E-state index is 12.0. The van der Waals surface area contributed by atoms with Gasteiger partial charge in [-0.05, 0) is 25.7 Å². The van der Waals surface area contributed by atoms with Crippen LogP contribution in [0.1, 0.15) is 36.2 Å². The molecule has 6 nitrogen and oxygen atoms in total. The Labute approximate surface area is 111 Å². The van der Waals surface area contributed by atoms with Crippen molar-refractivity contribution in [3.63, 3.8) is 0 Å². The Morgan fingerprint density at radius 3 is 2.74 bits per heavy atom. The average molecular weight is 266 g/mol. The lowest BCUT2D eigenvalue weighted by Crippen LogP contribution is -2.38. The van der Waals surface area contributed by atoms with Crippen LogP contribution in [0.5, 0.6) is 11.5 Å². The number of aromatic nitrogens is 1. The molecule has 1 fully saturated rings. The maximum atomic E-state index is 12.0. The van der Waals surface area contributed by atoms with E-state index in [4.69, 9.17) is 4.74 Å². The number of rotatable bonds is 3. The van der Waals surface area contributed by atoms with Crippen molar-refractivity contribution in [3.05, 3.63) is 18.0 Å². The fraction of sp³-hybridized carbons (Fsp3) is 0.538. The minimum absolute atomic E-state index is 0.0169. The van der Waals surface area contributed by atoms with E-state index in [9.17, 15) is 15.0 Å². The molecular weight excluding hydrogens is 248 g/mol. The van der Waals surface area contributed by atoms with Gasteiger partial charge in [0.2, 0.25) is 0 Å². The van der Waals surface area contributed by atoms with Crippen molar-refractivity contribution in [2.24, 2.45) is 0 Å². The molecule has 1 amide bonds. The summed E-state index contributed by atoms with van der Waals surface area (Å²) in [4.78, 5) is 15.9.